The quantitative estimate of drug-likeness (QED) is 0.601. The number of aromatic nitrogens is 2. The number of benzene rings is 1. The molecule has 26 heavy (non-hydrogen) atoms. The van der Waals surface area contributed by atoms with E-state index < -0.39 is 0 Å². The van der Waals surface area contributed by atoms with E-state index in [0.29, 0.717) is 17.7 Å². The van der Waals surface area contributed by atoms with E-state index in [2.05, 4.69) is 34.1 Å². The second kappa shape index (κ2) is 6.23. The number of H-pyrrole nitrogens is 1. The van der Waals surface area contributed by atoms with Gasteiger partial charge in [-0.15, -0.1) is 11.3 Å². The molecule has 0 saturated carbocycles. The van der Waals surface area contributed by atoms with Crippen LogP contribution in [0.2, 0.25) is 0 Å². The molecule has 3 aromatic heterocycles. The van der Waals surface area contributed by atoms with Gasteiger partial charge in [-0.2, -0.15) is 0 Å². The first-order chi connectivity index (χ1) is 12.8. The van der Waals surface area contributed by atoms with E-state index in [4.69, 9.17) is 9.40 Å². The van der Waals surface area contributed by atoms with E-state index in [1.807, 2.05) is 17.5 Å². The number of fused-ring (bicyclic) bond motifs is 2. The monoisotopic (exact) mass is 363 g/mol. The van der Waals surface area contributed by atoms with Crippen molar-refractivity contribution >= 4 is 21.6 Å². The van der Waals surface area contributed by atoms with E-state index in [9.17, 15) is 4.79 Å². The largest absolute Gasteiger partial charge is 0.464 e. The minimum absolute atomic E-state index is 0.102. The van der Waals surface area contributed by atoms with Gasteiger partial charge >= 0.3 is 0 Å². The Bertz CT molecular complexity index is 1130. The number of nitrogens with one attached hydrogen (secondary N) is 1. The number of hydrogen-bond donors (Lipinski definition) is 1. The maximum Gasteiger partial charge on any atom is 0.260 e. The van der Waals surface area contributed by atoms with Crippen molar-refractivity contribution in [2.75, 3.05) is 6.54 Å². The number of aromatic amines is 1. The van der Waals surface area contributed by atoms with E-state index in [-0.39, 0.29) is 5.56 Å². The summed E-state index contributed by atoms with van der Waals surface area (Å²) in [6.07, 6.45) is 2.65. The highest BCUT2D eigenvalue weighted by molar-refractivity contribution is 7.17. The van der Waals surface area contributed by atoms with Crippen LogP contribution in [-0.4, -0.2) is 21.4 Å². The van der Waals surface area contributed by atoms with Gasteiger partial charge in [-0.3, -0.25) is 9.69 Å². The molecule has 1 aromatic carbocycles. The molecule has 6 heteroatoms. The van der Waals surface area contributed by atoms with Gasteiger partial charge in [0.25, 0.3) is 5.56 Å². The van der Waals surface area contributed by atoms with Gasteiger partial charge < -0.3 is 9.40 Å². The molecule has 4 aromatic rings. The predicted octanol–water partition coefficient (Wildman–Crippen LogP) is 3.80. The lowest BCUT2D eigenvalue weighted by Crippen LogP contribution is -2.31. The van der Waals surface area contributed by atoms with Crippen molar-refractivity contribution in [3.8, 4) is 11.3 Å². The normalized spacial score (nSPS) is 14.6. The van der Waals surface area contributed by atoms with Crippen molar-refractivity contribution in [2.45, 2.75) is 19.5 Å². The molecule has 0 saturated heterocycles. The predicted molar refractivity (Wildman–Crippen MR) is 102 cm³/mol. The third-order valence-electron chi connectivity index (χ3n) is 4.86. The van der Waals surface area contributed by atoms with E-state index in [0.717, 1.165) is 35.7 Å². The Morgan fingerprint density at radius 2 is 2.08 bits per heavy atom. The molecule has 0 amide bonds. The fourth-order valence-corrected chi connectivity index (χ4v) is 4.53. The standard InChI is InChI=1S/C20H17N3O2S/c24-19-18-15(16-6-3-9-25-16)12-26-20(18)22-17(21-19)11-23-8-7-13-4-1-2-5-14(13)10-23/h1-6,9,12H,7-8,10-11H2,(H,21,22,24). The van der Waals surface area contributed by atoms with Crippen molar-refractivity contribution in [3.63, 3.8) is 0 Å². The van der Waals surface area contributed by atoms with Crippen LogP contribution in [0, 0.1) is 0 Å². The zero-order valence-corrected chi connectivity index (χ0v) is 14.9. The minimum Gasteiger partial charge on any atom is -0.464 e. The maximum absolute atomic E-state index is 12.7. The average Bonchev–Trinajstić information content (AvgIpc) is 3.31. The summed E-state index contributed by atoms with van der Waals surface area (Å²) in [6, 6.07) is 12.2. The molecule has 0 aliphatic carbocycles. The second-order valence-corrected chi connectivity index (χ2v) is 7.41. The third-order valence-corrected chi connectivity index (χ3v) is 5.73. The van der Waals surface area contributed by atoms with Crippen LogP contribution in [0.5, 0.6) is 0 Å². The highest BCUT2D eigenvalue weighted by atomic mass is 32.1. The maximum atomic E-state index is 12.7. The number of furan rings is 1. The Labute approximate surface area is 153 Å². The molecular weight excluding hydrogens is 346 g/mol. The molecule has 1 aliphatic rings. The van der Waals surface area contributed by atoms with Crippen molar-refractivity contribution < 1.29 is 4.42 Å². The molecule has 130 valence electrons. The molecule has 5 rings (SSSR count). The van der Waals surface area contributed by atoms with Gasteiger partial charge in [-0.25, -0.2) is 4.98 Å². The molecule has 0 bridgehead atoms. The van der Waals surface area contributed by atoms with Crippen LogP contribution in [-0.2, 0) is 19.5 Å². The summed E-state index contributed by atoms with van der Waals surface area (Å²) >= 11 is 1.48. The fraction of sp³-hybridized carbons (Fsp3) is 0.200. The number of thiophene rings is 1. The fourth-order valence-electron chi connectivity index (χ4n) is 3.58. The molecular formula is C20H17N3O2S. The summed E-state index contributed by atoms with van der Waals surface area (Å²) in [5.41, 5.74) is 3.48. The van der Waals surface area contributed by atoms with Crippen LogP contribution in [0.15, 0.2) is 57.3 Å². The molecule has 5 nitrogen and oxygen atoms in total. The topological polar surface area (TPSA) is 62.1 Å². The summed E-state index contributed by atoms with van der Waals surface area (Å²) in [6.45, 7) is 2.51. The molecule has 0 unspecified atom stereocenters. The number of hydrogen-bond acceptors (Lipinski definition) is 5. The lowest BCUT2D eigenvalue weighted by atomic mass is 10.00. The Hall–Kier alpha value is -2.70. The van der Waals surface area contributed by atoms with E-state index in [1.54, 1.807) is 6.26 Å². The van der Waals surface area contributed by atoms with Gasteiger partial charge in [0.15, 0.2) is 0 Å². The SMILES string of the molecule is O=c1[nH]c(CN2CCc3ccccc3C2)nc2scc(-c3ccco3)c12. The highest BCUT2D eigenvalue weighted by Gasteiger charge is 2.19. The van der Waals surface area contributed by atoms with Gasteiger partial charge in [0.2, 0.25) is 0 Å². The van der Waals surface area contributed by atoms with Gasteiger partial charge in [0.05, 0.1) is 18.2 Å². The van der Waals surface area contributed by atoms with Crippen LogP contribution in [0.3, 0.4) is 0 Å². The average molecular weight is 363 g/mol. The summed E-state index contributed by atoms with van der Waals surface area (Å²) in [5.74, 6) is 1.42. The summed E-state index contributed by atoms with van der Waals surface area (Å²) < 4.78 is 5.44. The molecule has 0 radical (unpaired) electrons. The van der Waals surface area contributed by atoms with E-state index in [1.165, 1.54) is 22.5 Å². The second-order valence-electron chi connectivity index (χ2n) is 6.55. The third kappa shape index (κ3) is 2.67. The first kappa shape index (κ1) is 15.5. The van der Waals surface area contributed by atoms with Crippen molar-refractivity contribution in [1.29, 1.82) is 0 Å². The van der Waals surface area contributed by atoms with Gasteiger partial charge in [-0.1, -0.05) is 24.3 Å². The molecule has 4 heterocycles. The van der Waals surface area contributed by atoms with Crippen LogP contribution in [0.1, 0.15) is 17.0 Å². The zero-order valence-electron chi connectivity index (χ0n) is 14.1. The Kier molecular flexibility index (Phi) is 3.72. The smallest absolute Gasteiger partial charge is 0.260 e. The first-order valence-electron chi connectivity index (χ1n) is 8.61. The van der Waals surface area contributed by atoms with Gasteiger partial charge in [0.1, 0.15) is 16.4 Å². The van der Waals surface area contributed by atoms with E-state index >= 15 is 0 Å². The van der Waals surface area contributed by atoms with Crippen LogP contribution in [0.25, 0.3) is 21.5 Å². The van der Waals surface area contributed by atoms with Crippen molar-refractivity contribution in [1.82, 2.24) is 14.9 Å². The lowest BCUT2D eigenvalue weighted by molar-refractivity contribution is 0.239. The van der Waals surface area contributed by atoms with Crippen LogP contribution >= 0.6 is 11.3 Å². The van der Waals surface area contributed by atoms with Crippen molar-refractivity contribution in [3.05, 3.63) is 75.3 Å². The molecule has 0 fully saturated rings. The molecule has 0 spiro atoms. The Balaban J connectivity index is 1.45. The van der Waals surface area contributed by atoms with Crippen LogP contribution < -0.4 is 5.56 Å². The number of rotatable bonds is 3. The summed E-state index contributed by atoms with van der Waals surface area (Å²) in [5, 5.41) is 2.55. The summed E-state index contributed by atoms with van der Waals surface area (Å²) in [7, 11) is 0. The van der Waals surface area contributed by atoms with Crippen LogP contribution in [0.4, 0.5) is 0 Å². The van der Waals surface area contributed by atoms with Gasteiger partial charge in [-0.05, 0) is 29.7 Å². The Morgan fingerprint density at radius 1 is 1.19 bits per heavy atom. The molecule has 1 aliphatic heterocycles. The Morgan fingerprint density at radius 3 is 2.92 bits per heavy atom. The van der Waals surface area contributed by atoms with Crippen molar-refractivity contribution in [2.24, 2.45) is 0 Å². The van der Waals surface area contributed by atoms with Gasteiger partial charge in [0, 0.05) is 24.0 Å². The molecule has 0 atom stereocenters. The number of nitrogens with zero attached hydrogens (tertiary/aromatic N) is 2. The minimum atomic E-state index is -0.102. The highest BCUT2D eigenvalue weighted by Crippen LogP contribution is 2.31. The molecule has 1 N–H and O–H groups in total. The first-order valence-corrected chi connectivity index (χ1v) is 9.49. The summed E-state index contributed by atoms with van der Waals surface area (Å²) in [4.78, 5) is 23.4. The zero-order chi connectivity index (χ0) is 17.5. The lowest BCUT2D eigenvalue weighted by Gasteiger charge is -2.28.